The summed E-state index contributed by atoms with van der Waals surface area (Å²) >= 11 is 0. The van der Waals surface area contributed by atoms with Crippen molar-refractivity contribution in [2.24, 2.45) is 0 Å². The number of ether oxygens (including phenoxy) is 1. The van der Waals surface area contributed by atoms with Crippen molar-refractivity contribution in [3.8, 4) is 0 Å². The van der Waals surface area contributed by atoms with Gasteiger partial charge in [-0.1, -0.05) is 6.07 Å². The highest BCUT2D eigenvalue weighted by Gasteiger charge is 2.23. The highest BCUT2D eigenvalue weighted by molar-refractivity contribution is 5.78. The van der Waals surface area contributed by atoms with E-state index < -0.39 is 6.04 Å². The van der Waals surface area contributed by atoms with Crippen molar-refractivity contribution in [3.63, 3.8) is 0 Å². The van der Waals surface area contributed by atoms with E-state index in [2.05, 4.69) is 5.32 Å². The lowest BCUT2D eigenvalue weighted by atomic mass is 10.0. The Bertz CT molecular complexity index is 449. The van der Waals surface area contributed by atoms with Crippen LogP contribution in [0.3, 0.4) is 0 Å². The Labute approximate surface area is 119 Å². The van der Waals surface area contributed by atoms with E-state index in [1.807, 2.05) is 25.9 Å². The van der Waals surface area contributed by atoms with Crippen molar-refractivity contribution < 1.29 is 13.9 Å². The topological polar surface area (TPSA) is 41.6 Å². The molecule has 1 unspecified atom stereocenters. The molecule has 4 nitrogen and oxygen atoms in total. The van der Waals surface area contributed by atoms with Crippen molar-refractivity contribution in [1.29, 1.82) is 0 Å². The second-order valence-electron chi connectivity index (χ2n) is 4.94. The Morgan fingerprint density at radius 1 is 1.45 bits per heavy atom. The molecule has 0 aromatic heterocycles. The lowest BCUT2D eigenvalue weighted by Gasteiger charge is -2.20. The van der Waals surface area contributed by atoms with Gasteiger partial charge in [-0.05, 0) is 51.2 Å². The molecule has 0 amide bonds. The third-order valence-corrected chi connectivity index (χ3v) is 2.98. The predicted molar refractivity (Wildman–Crippen MR) is 77.1 cm³/mol. The molecule has 5 heteroatoms. The third kappa shape index (κ3) is 4.90. The summed E-state index contributed by atoms with van der Waals surface area (Å²) in [5.41, 5.74) is 1.49. The molecule has 112 valence electrons. The number of esters is 1. The minimum Gasteiger partial charge on any atom is -0.465 e. The molecule has 0 saturated carbocycles. The quantitative estimate of drug-likeness (QED) is 0.776. The lowest BCUT2D eigenvalue weighted by Crippen LogP contribution is -2.35. The van der Waals surface area contributed by atoms with Crippen LogP contribution in [-0.2, 0) is 9.53 Å². The summed E-state index contributed by atoms with van der Waals surface area (Å²) in [5.74, 6) is -0.728. The van der Waals surface area contributed by atoms with Gasteiger partial charge in [-0.25, -0.2) is 9.18 Å². The first-order chi connectivity index (χ1) is 9.45. The van der Waals surface area contributed by atoms with Crippen LogP contribution in [0.5, 0.6) is 0 Å². The first kappa shape index (κ1) is 16.6. The number of hydrogen-bond acceptors (Lipinski definition) is 4. The first-order valence-electron chi connectivity index (χ1n) is 6.76. The van der Waals surface area contributed by atoms with Gasteiger partial charge in [-0.3, -0.25) is 5.32 Å². The Balaban J connectivity index is 2.91. The Kier molecular flexibility index (Phi) is 6.61. The predicted octanol–water partition coefficient (Wildman–Crippen LogP) is 1.89. The number of hydrogen-bond donors (Lipinski definition) is 1. The summed E-state index contributed by atoms with van der Waals surface area (Å²) in [4.78, 5) is 14.1. The van der Waals surface area contributed by atoms with Gasteiger partial charge in [-0.2, -0.15) is 0 Å². The highest BCUT2D eigenvalue weighted by atomic mass is 19.1. The number of aryl methyl sites for hydroxylation is 1. The normalized spacial score (nSPS) is 12.5. The van der Waals surface area contributed by atoms with Gasteiger partial charge in [0.05, 0.1) is 6.61 Å². The van der Waals surface area contributed by atoms with E-state index in [4.69, 9.17) is 4.74 Å². The van der Waals surface area contributed by atoms with Crippen LogP contribution < -0.4 is 5.32 Å². The molecule has 0 radical (unpaired) electrons. The van der Waals surface area contributed by atoms with Crippen molar-refractivity contribution in [3.05, 3.63) is 35.1 Å². The minimum absolute atomic E-state index is 0.305. The van der Waals surface area contributed by atoms with E-state index in [0.29, 0.717) is 18.7 Å². The van der Waals surface area contributed by atoms with Crippen molar-refractivity contribution in [2.45, 2.75) is 19.9 Å². The Hall–Kier alpha value is -1.46. The Morgan fingerprint density at radius 3 is 2.75 bits per heavy atom. The molecular weight excluding hydrogens is 259 g/mol. The van der Waals surface area contributed by atoms with Gasteiger partial charge in [0.15, 0.2) is 0 Å². The fraction of sp³-hybridized carbons (Fsp3) is 0.533. The minimum atomic E-state index is -0.634. The van der Waals surface area contributed by atoms with Gasteiger partial charge in [0, 0.05) is 13.1 Å². The summed E-state index contributed by atoms with van der Waals surface area (Å²) in [5, 5.41) is 3.14. The van der Waals surface area contributed by atoms with E-state index >= 15 is 0 Å². The smallest absolute Gasteiger partial charge is 0.327 e. The van der Waals surface area contributed by atoms with Crippen LogP contribution in [0.1, 0.15) is 24.1 Å². The molecule has 1 rings (SSSR count). The molecule has 0 aliphatic rings. The van der Waals surface area contributed by atoms with Crippen LogP contribution in [0.15, 0.2) is 18.2 Å². The number of benzene rings is 1. The Morgan fingerprint density at radius 2 is 2.15 bits per heavy atom. The molecule has 0 fully saturated rings. The summed E-state index contributed by atoms with van der Waals surface area (Å²) in [6.07, 6.45) is 0. The van der Waals surface area contributed by atoms with Crippen LogP contribution in [0, 0.1) is 12.7 Å². The van der Waals surface area contributed by atoms with Crippen LogP contribution in [0.4, 0.5) is 4.39 Å². The van der Waals surface area contributed by atoms with E-state index in [0.717, 1.165) is 12.1 Å². The van der Waals surface area contributed by atoms with Gasteiger partial charge >= 0.3 is 5.97 Å². The number of nitrogens with one attached hydrogen (secondary N) is 1. The molecule has 1 atom stereocenters. The summed E-state index contributed by atoms with van der Waals surface area (Å²) in [7, 11) is 3.91. The summed E-state index contributed by atoms with van der Waals surface area (Å²) in [6.45, 7) is 5.32. The third-order valence-electron chi connectivity index (χ3n) is 2.98. The maximum atomic E-state index is 13.4. The number of rotatable bonds is 7. The lowest BCUT2D eigenvalue weighted by molar-refractivity contribution is -0.145. The molecule has 1 aromatic rings. The molecule has 0 aliphatic carbocycles. The average molecular weight is 282 g/mol. The number of carbonyl (C=O) groups is 1. The second-order valence-corrected chi connectivity index (χ2v) is 4.94. The zero-order valence-corrected chi connectivity index (χ0v) is 12.6. The van der Waals surface area contributed by atoms with Gasteiger partial charge in [0.2, 0.25) is 0 Å². The van der Waals surface area contributed by atoms with Gasteiger partial charge < -0.3 is 9.64 Å². The molecule has 0 saturated heterocycles. The summed E-state index contributed by atoms with van der Waals surface area (Å²) < 4.78 is 18.5. The fourth-order valence-corrected chi connectivity index (χ4v) is 1.90. The largest absolute Gasteiger partial charge is 0.465 e. The molecule has 0 spiro atoms. The summed E-state index contributed by atoms with van der Waals surface area (Å²) in [6, 6.07) is 3.82. The molecule has 0 aliphatic heterocycles. The van der Waals surface area contributed by atoms with Crippen molar-refractivity contribution in [1.82, 2.24) is 10.2 Å². The first-order valence-corrected chi connectivity index (χ1v) is 6.76. The maximum Gasteiger partial charge on any atom is 0.327 e. The van der Waals surface area contributed by atoms with E-state index in [1.54, 1.807) is 13.0 Å². The van der Waals surface area contributed by atoms with Crippen LogP contribution in [0.25, 0.3) is 0 Å². The zero-order valence-electron chi connectivity index (χ0n) is 12.6. The van der Waals surface area contributed by atoms with Gasteiger partial charge in [-0.15, -0.1) is 0 Å². The average Bonchev–Trinajstić information content (AvgIpc) is 2.38. The monoisotopic (exact) mass is 282 g/mol. The second kappa shape index (κ2) is 7.97. The highest BCUT2D eigenvalue weighted by Crippen LogP contribution is 2.20. The number of carbonyl (C=O) groups excluding carboxylic acids is 1. The molecule has 1 aromatic carbocycles. The standard InChI is InChI=1S/C15H23FN2O2/c1-5-20-15(19)14(17-8-9-18(3)4)13-10-12(16)7-6-11(13)2/h6-7,10,14,17H,5,8-9H2,1-4H3. The zero-order chi connectivity index (χ0) is 15.1. The van der Waals surface area contributed by atoms with E-state index in [1.165, 1.54) is 12.1 Å². The van der Waals surface area contributed by atoms with E-state index in [9.17, 15) is 9.18 Å². The van der Waals surface area contributed by atoms with Gasteiger partial charge in [0.25, 0.3) is 0 Å². The molecule has 0 heterocycles. The molecule has 1 N–H and O–H groups in total. The number of halogens is 1. The molecule has 20 heavy (non-hydrogen) atoms. The number of likely N-dealkylation sites (N-methyl/N-ethyl adjacent to an activating group) is 1. The van der Waals surface area contributed by atoms with Crippen LogP contribution >= 0.6 is 0 Å². The van der Waals surface area contributed by atoms with Crippen LogP contribution in [0.2, 0.25) is 0 Å². The fourth-order valence-electron chi connectivity index (χ4n) is 1.90. The number of nitrogens with zero attached hydrogens (tertiary/aromatic N) is 1. The van der Waals surface area contributed by atoms with Crippen molar-refractivity contribution in [2.75, 3.05) is 33.8 Å². The van der Waals surface area contributed by atoms with E-state index in [-0.39, 0.29) is 11.8 Å². The SMILES string of the molecule is CCOC(=O)C(NCCN(C)C)c1cc(F)ccc1C. The van der Waals surface area contributed by atoms with Crippen LogP contribution in [-0.4, -0.2) is 44.7 Å². The van der Waals surface area contributed by atoms with Gasteiger partial charge in [0.1, 0.15) is 11.9 Å². The molecule has 0 bridgehead atoms. The molecular formula is C15H23FN2O2. The maximum absolute atomic E-state index is 13.4. The van der Waals surface area contributed by atoms with Crippen molar-refractivity contribution >= 4 is 5.97 Å².